The Kier molecular flexibility index (Phi) is 11.6. The fraction of sp³-hybridized carbons (Fsp3) is 0.889. The smallest absolute Gasteiger partial charge is 0.128 e. The first kappa shape index (κ1) is 21.4. The summed E-state index contributed by atoms with van der Waals surface area (Å²) >= 11 is 0. The second-order valence-corrected chi connectivity index (χ2v) is 6.50. The van der Waals surface area contributed by atoms with E-state index >= 15 is 0 Å². The Bertz CT molecular complexity index is 301. The van der Waals surface area contributed by atoms with Gasteiger partial charge >= 0.3 is 0 Å². The van der Waals surface area contributed by atoms with Crippen LogP contribution >= 0.6 is 0 Å². The Morgan fingerprint density at radius 1 is 1.14 bits per heavy atom. The highest BCUT2D eigenvalue weighted by molar-refractivity contribution is 5.03. The van der Waals surface area contributed by atoms with Crippen LogP contribution in [0.3, 0.4) is 0 Å². The van der Waals surface area contributed by atoms with Crippen LogP contribution in [0.2, 0.25) is 0 Å². The molecule has 0 aliphatic carbocycles. The van der Waals surface area contributed by atoms with Gasteiger partial charge in [0.25, 0.3) is 0 Å². The monoisotopic (exact) mass is 313 g/mol. The number of hydrazine groups is 1. The number of hydrogen-bond donors (Lipinski definition) is 3. The zero-order valence-corrected chi connectivity index (χ0v) is 15.6. The van der Waals surface area contributed by atoms with E-state index in [0.717, 1.165) is 18.4 Å². The molecule has 0 spiro atoms. The van der Waals surface area contributed by atoms with E-state index < -0.39 is 6.23 Å². The van der Waals surface area contributed by atoms with Crippen LogP contribution in [0, 0.1) is 5.92 Å². The van der Waals surface area contributed by atoms with Gasteiger partial charge in [0.2, 0.25) is 0 Å². The van der Waals surface area contributed by atoms with E-state index in [-0.39, 0.29) is 6.04 Å². The molecule has 132 valence electrons. The van der Waals surface area contributed by atoms with Crippen LogP contribution in [0.25, 0.3) is 0 Å². The van der Waals surface area contributed by atoms with Crippen molar-refractivity contribution in [1.82, 2.24) is 10.3 Å². The highest BCUT2D eigenvalue weighted by Crippen LogP contribution is 2.21. The lowest BCUT2D eigenvalue weighted by molar-refractivity contribution is 0.129. The van der Waals surface area contributed by atoms with Gasteiger partial charge in [-0.2, -0.15) is 0 Å². The molecule has 0 amide bonds. The molecular formula is C18H39N3O. The molecule has 0 fully saturated rings. The molecule has 0 aromatic carbocycles. The SMILES string of the molecule is CCCC(CCC)C(CC)NC(O)/C(C)=C/N(N)C(C)CC. The molecular weight excluding hydrogens is 274 g/mol. The first-order chi connectivity index (χ1) is 10.4. The van der Waals surface area contributed by atoms with E-state index in [4.69, 9.17) is 5.84 Å². The van der Waals surface area contributed by atoms with Gasteiger partial charge in [0.05, 0.1) is 0 Å². The van der Waals surface area contributed by atoms with Crippen LogP contribution in [0.4, 0.5) is 0 Å². The van der Waals surface area contributed by atoms with Gasteiger partial charge in [-0.3, -0.25) is 5.32 Å². The zero-order chi connectivity index (χ0) is 17.1. The van der Waals surface area contributed by atoms with Crippen LogP contribution in [0.1, 0.15) is 80.1 Å². The molecule has 0 saturated heterocycles. The van der Waals surface area contributed by atoms with Gasteiger partial charge < -0.3 is 10.1 Å². The minimum atomic E-state index is -0.628. The molecule has 4 heteroatoms. The van der Waals surface area contributed by atoms with Gasteiger partial charge in [0.15, 0.2) is 0 Å². The van der Waals surface area contributed by atoms with Gasteiger partial charge in [-0.1, -0.05) is 40.5 Å². The number of aliphatic hydroxyl groups excluding tert-OH is 1. The number of nitrogens with one attached hydrogen (secondary N) is 1. The van der Waals surface area contributed by atoms with Crippen molar-refractivity contribution in [1.29, 1.82) is 0 Å². The summed E-state index contributed by atoms with van der Waals surface area (Å²) in [5.41, 5.74) is 0.869. The molecule has 0 bridgehead atoms. The number of nitrogens with two attached hydrogens (primary N) is 1. The van der Waals surface area contributed by atoms with Gasteiger partial charge in [-0.05, 0) is 51.0 Å². The molecule has 0 aliphatic heterocycles. The molecule has 3 unspecified atom stereocenters. The Balaban J connectivity index is 4.74. The van der Waals surface area contributed by atoms with Crippen LogP contribution in [-0.4, -0.2) is 28.4 Å². The molecule has 4 N–H and O–H groups in total. The Hall–Kier alpha value is -0.580. The molecule has 0 heterocycles. The summed E-state index contributed by atoms with van der Waals surface area (Å²) in [6.07, 6.45) is 8.05. The highest BCUT2D eigenvalue weighted by atomic mass is 16.3. The van der Waals surface area contributed by atoms with Crippen molar-refractivity contribution in [2.24, 2.45) is 11.8 Å². The molecule has 3 atom stereocenters. The molecule has 0 aromatic heterocycles. The van der Waals surface area contributed by atoms with Gasteiger partial charge in [-0.15, -0.1) is 0 Å². The average molecular weight is 314 g/mol. The summed E-state index contributed by atoms with van der Waals surface area (Å²) in [5.74, 6) is 6.63. The van der Waals surface area contributed by atoms with Gasteiger partial charge in [0, 0.05) is 18.3 Å². The highest BCUT2D eigenvalue weighted by Gasteiger charge is 2.21. The zero-order valence-electron chi connectivity index (χ0n) is 15.6. The van der Waals surface area contributed by atoms with Crippen molar-refractivity contribution in [3.05, 3.63) is 11.8 Å². The lowest BCUT2D eigenvalue weighted by Gasteiger charge is -2.30. The van der Waals surface area contributed by atoms with E-state index in [1.54, 1.807) is 5.01 Å². The van der Waals surface area contributed by atoms with Gasteiger partial charge in [0.1, 0.15) is 6.23 Å². The molecule has 22 heavy (non-hydrogen) atoms. The standard InChI is InChI=1S/C18H39N3O/c1-7-11-16(12-8-2)17(10-4)20-18(22)14(5)13-21(19)15(6)9-3/h13,15-18,20,22H,7-12,19H2,1-6H3/b14-13+. The number of rotatable bonds is 12. The Morgan fingerprint density at radius 2 is 1.68 bits per heavy atom. The maximum Gasteiger partial charge on any atom is 0.128 e. The predicted octanol–water partition coefficient (Wildman–Crippen LogP) is 3.77. The minimum absolute atomic E-state index is 0.275. The Morgan fingerprint density at radius 3 is 2.09 bits per heavy atom. The van der Waals surface area contributed by atoms with Crippen molar-refractivity contribution in [3.8, 4) is 0 Å². The molecule has 0 radical (unpaired) electrons. The molecule has 0 aliphatic rings. The summed E-state index contributed by atoms with van der Waals surface area (Å²) < 4.78 is 0. The van der Waals surface area contributed by atoms with E-state index in [2.05, 4.69) is 39.9 Å². The summed E-state index contributed by atoms with van der Waals surface area (Å²) in [7, 11) is 0. The first-order valence-electron chi connectivity index (χ1n) is 9.06. The predicted molar refractivity (Wildman–Crippen MR) is 96.1 cm³/mol. The minimum Gasteiger partial charge on any atom is -0.375 e. The third-order valence-electron chi connectivity index (χ3n) is 4.58. The molecule has 0 rings (SSSR count). The molecule has 4 nitrogen and oxygen atoms in total. The van der Waals surface area contributed by atoms with Crippen molar-refractivity contribution >= 4 is 0 Å². The van der Waals surface area contributed by atoms with Crippen LogP contribution in [0.15, 0.2) is 11.8 Å². The fourth-order valence-corrected chi connectivity index (χ4v) is 2.85. The van der Waals surface area contributed by atoms with Crippen molar-refractivity contribution in [2.45, 2.75) is 98.4 Å². The number of aliphatic hydroxyl groups is 1. The normalized spacial score (nSPS) is 16.7. The van der Waals surface area contributed by atoms with Crippen molar-refractivity contribution < 1.29 is 5.11 Å². The lowest BCUT2D eigenvalue weighted by Crippen LogP contribution is -2.44. The summed E-state index contributed by atoms with van der Waals surface area (Å²) in [6, 6.07) is 0.630. The second kappa shape index (κ2) is 11.9. The van der Waals surface area contributed by atoms with Gasteiger partial charge in [-0.25, -0.2) is 5.84 Å². The van der Waals surface area contributed by atoms with E-state index in [1.807, 2.05) is 13.1 Å². The third-order valence-corrected chi connectivity index (χ3v) is 4.58. The summed E-state index contributed by atoms with van der Waals surface area (Å²) in [6.45, 7) is 12.8. The second-order valence-electron chi connectivity index (χ2n) is 6.50. The maximum absolute atomic E-state index is 10.4. The van der Waals surface area contributed by atoms with Crippen molar-refractivity contribution in [3.63, 3.8) is 0 Å². The largest absolute Gasteiger partial charge is 0.375 e. The van der Waals surface area contributed by atoms with E-state index in [0.29, 0.717) is 12.0 Å². The average Bonchev–Trinajstić information content (AvgIpc) is 2.51. The number of nitrogens with zero attached hydrogens (tertiary/aromatic N) is 1. The topological polar surface area (TPSA) is 61.5 Å². The lowest BCUT2D eigenvalue weighted by atomic mass is 9.88. The van der Waals surface area contributed by atoms with Crippen LogP contribution in [0.5, 0.6) is 0 Å². The van der Waals surface area contributed by atoms with E-state index in [9.17, 15) is 5.11 Å². The summed E-state index contributed by atoms with van der Waals surface area (Å²) in [4.78, 5) is 0. The molecule has 0 aromatic rings. The maximum atomic E-state index is 10.4. The third kappa shape index (κ3) is 7.61. The summed E-state index contributed by atoms with van der Waals surface area (Å²) in [5, 5.41) is 15.5. The fourth-order valence-electron chi connectivity index (χ4n) is 2.85. The first-order valence-corrected chi connectivity index (χ1v) is 9.06. The number of hydrogen-bond acceptors (Lipinski definition) is 4. The molecule has 0 saturated carbocycles. The van der Waals surface area contributed by atoms with E-state index in [1.165, 1.54) is 25.7 Å². The van der Waals surface area contributed by atoms with Crippen molar-refractivity contribution in [2.75, 3.05) is 0 Å². The van der Waals surface area contributed by atoms with Crippen LogP contribution < -0.4 is 11.2 Å². The Labute approximate surface area is 138 Å². The van der Waals surface area contributed by atoms with Crippen LogP contribution in [-0.2, 0) is 0 Å². The quantitative estimate of drug-likeness (QED) is 0.292.